The number of nitrogens with zero attached hydrogens (tertiary/aromatic N) is 4. The third-order valence-electron chi connectivity index (χ3n) is 6.31. The molecule has 2 aromatic rings. The molecule has 1 saturated heterocycles. The fourth-order valence-corrected chi connectivity index (χ4v) is 4.46. The number of aromatic nitrogens is 3. The SMILES string of the molecule is CC(C)(C)C(=O)N1CCC(C(=O)Nc2ccc(-c3nnc4n3CCCCC4)cc2)CC1. The maximum absolute atomic E-state index is 12.7. The van der Waals surface area contributed by atoms with Crippen LogP contribution >= 0.6 is 0 Å². The summed E-state index contributed by atoms with van der Waals surface area (Å²) < 4.78 is 2.23. The molecule has 7 heteroatoms. The van der Waals surface area contributed by atoms with Gasteiger partial charge in [0, 0.05) is 48.6 Å². The molecule has 1 N–H and O–H groups in total. The molecule has 1 aromatic heterocycles. The lowest BCUT2D eigenvalue weighted by Crippen LogP contribution is -2.45. The average Bonchev–Trinajstić information content (AvgIpc) is 3.01. The van der Waals surface area contributed by atoms with E-state index in [1.807, 2.05) is 49.9 Å². The van der Waals surface area contributed by atoms with Gasteiger partial charge in [0.2, 0.25) is 11.8 Å². The first-order valence-electron chi connectivity index (χ1n) is 11.5. The van der Waals surface area contributed by atoms with E-state index >= 15 is 0 Å². The van der Waals surface area contributed by atoms with E-state index in [1.54, 1.807) is 0 Å². The second kappa shape index (κ2) is 8.81. The lowest BCUT2D eigenvalue weighted by atomic mass is 9.90. The molecule has 2 amide bonds. The van der Waals surface area contributed by atoms with Crippen LogP contribution in [0.2, 0.25) is 0 Å². The largest absolute Gasteiger partial charge is 0.342 e. The molecule has 2 aliphatic heterocycles. The van der Waals surface area contributed by atoms with Gasteiger partial charge in [-0.3, -0.25) is 9.59 Å². The molecule has 0 bridgehead atoms. The highest BCUT2D eigenvalue weighted by Gasteiger charge is 2.32. The first kappa shape index (κ1) is 21.5. The van der Waals surface area contributed by atoms with Crippen LogP contribution in [0.15, 0.2) is 24.3 Å². The molecule has 1 aromatic carbocycles. The Labute approximate surface area is 184 Å². The Morgan fingerprint density at radius 3 is 2.35 bits per heavy atom. The number of carbonyl (C=O) groups is 2. The zero-order valence-corrected chi connectivity index (χ0v) is 18.9. The van der Waals surface area contributed by atoms with E-state index in [2.05, 4.69) is 20.1 Å². The Hall–Kier alpha value is -2.70. The molecule has 0 spiro atoms. The maximum Gasteiger partial charge on any atom is 0.227 e. The third-order valence-corrected chi connectivity index (χ3v) is 6.31. The number of amides is 2. The van der Waals surface area contributed by atoms with Crippen molar-refractivity contribution in [3.05, 3.63) is 30.1 Å². The van der Waals surface area contributed by atoms with Gasteiger partial charge in [-0.1, -0.05) is 27.2 Å². The summed E-state index contributed by atoms with van der Waals surface area (Å²) in [7, 11) is 0. The molecular formula is C24H33N5O2. The number of fused-ring (bicyclic) bond motifs is 1. The number of aryl methyl sites for hydroxylation is 1. The lowest BCUT2D eigenvalue weighted by Gasteiger charge is -2.35. The summed E-state index contributed by atoms with van der Waals surface area (Å²) in [6.45, 7) is 8.07. The van der Waals surface area contributed by atoms with Crippen LogP contribution in [0.25, 0.3) is 11.4 Å². The van der Waals surface area contributed by atoms with Gasteiger partial charge in [0.15, 0.2) is 5.82 Å². The smallest absolute Gasteiger partial charge is 0.227 e. The van der Waals surface area contributed by atoms with Crippen LogP contribution in [0.3, 0.4) is 0 Å². The van der Waals surface area contributed by atoms with Crippen LogP contribution in [0.5, 0.6) is 0 Å². The molecule has 0 unspecified atom stereocenters. The minimum absolute atomic E-state index is 0.0342. The van der Waals surface area contributed by atoms with E-state index in [4.69, 9.17) is 0 Å². The van der Waals surface area contributed by atoms with Crippen molar-refractivity contribution in [3.63, 3.8) is 0 Å². The monoisotopic (exact) mass is 423 g/mol. The highest BCUT2D eigenvalue weighted by Crippen LogP contribution is 2.26. The zero-order chi connectivity index (χ0) is 22.0. The van der Waals surface area contributed by atoms with Gasteiger partial charge in [0.1, 0.15) is 5.82 Å². The predicted octanol–water partition coefficient (Wildman–Crippen LogP) is 3.89. The Morgan fingerprint density at radius 1 is 0.968 bits per heavy atom. The minimum Gasteiger partial charge on any atom is -0.342 e. The summed E-state index contributed by atoms with van der Waals surface area (Å²) >= 11 is 0. The van der Waals surface area contributed by atoms with Crippen molar-refractivity contribution in [2.24, 2.45) is 11.3 Å². The second-order valence-corrected chi connectivity index (χ2v) is 9.79. The van der Waals surface area contributed by atoms with Crippen LogP contribution in [0, 0.1) is 11.3 Å². The van der Waals surface area contributed by atoms with Crippen molar-refractivity contribution in [1.29, 1.82) is 0 Å². The normalized spacial score (nSPS) is 17.7. The van der Waals surface area contributed by atoms with Crippen molar-refractivity contribution < 1.29 is 9.59 Å². The Balaban J connectivity index is 1.35. The van der Waals surface area contributed by atoms with Crippen LogP contribution in [-0.4, -0.2) is 44.6 Å². The number of benzene rings is 1. The molecule has 31 heavy (non-hydrogen) atoms. The van der Waals surface area contributed by atoms with Crippen LogP contribution in [0.4, 0.5) is 5.69 Å². The average molecular weight is 424 g/mol. The van der Waals surface area contributed by atoms with Gasteiger partial charge in [0.05, 0.1) is 0 Å². The molecule has 166 valence electrons. The number of hydrogen-bond acceptors (Lipinski definition) is 4. The quantitative estimate of drug-likeness (QED) is 0.812. The lowest BCUT2D eigenvalue weighted by molar-refractivity contribution is -0.142. The summed E-state index contributed by atoms with van der Waals surface area (Å²) in [5.74, 6) is 2.11. The number of anilines is 1. The zero-order valence-electron chi connectivity index (χ0n) is 18.9. The molecule has 0 aliphatic carbocycles. The number of likely N-dealkylation sites (tertiary alicyclic amines) is 1. The minimum atomic E-state index is -0.375. The number of piperidine rings is 1. The third kappa shape index (κ3) is 4.81. The molecule has 0 atom stereocenters. The molecule has 2 aliphatic rings. The first-order valence-corrected chi connectivity index (χ1v) is 11.5. The standard InChI is InChI=1S/C24H33N5O2/c1-24(2,3)23(31)28-15-12-18(13-16-28)22(30)25-19-10-8-17(9-11-19)21-27-26-20-7-5-4-6-14-29(20)21/h8-11,18H,4-7,12-16H2,1-3H3,(H,25,30). The summed E-state index contributed by atoms with van der Waals surface area (Å²) in [4.78, 5) is 27.1. The van der Waals surface area contributed by atoms with Gasteiger partial charge >= 0.3 is 0 Å². The fraction of sp³-hybridized carbons (Fsp3) is 0.583. The summed E-state index contributed by atoms with van der Waals surface area (Å²) in [6.07, 6.45) is 5.96. The number of hydrogen-bond donors (Lipinski definition) is 1. The molecular weight excluding hydrogens is 390 g/mol. The Bertz CT molecular complexity index is 934. The fourth-order valence-electron chi connectivity index (χ4n) is 4.46. The van der Waals surface area contributed by atoms with Crippen molar-refractivity contribution >= 4 is 17.5 Å². The summed E-state index contributed by atoms with van der Waals surface area (Å²) in [6, 6.07) is 7.87. The van der Waals surface area contributed by atoms with Crippen LogP contribution in [0.1, 0.15) is 58.7 Å². The van der Waals surface area contributed by atoms with E-state index < -0.39 is 0 Å². The highest BCUT2D eigenvalue weighted by atomic mass is 16.2. The topological polar surface area (TPSA) is 80.1 Å². The van der Waals surface area contributed by atoms with Gasteiger partial charge < -0.3 is 14.8 Å². The van der Waals surface area contributed by atoms with E-state index in [0.717, 1.165) is 42.3 Å². The van der Waals surface area contributed by atoms with Crippen molar-refractivity contribution in [1.82, 2.24) is 19.7 Å². The van der Waals surface area contributed by atoms with Gasteiger partial charge in [0.25, 0.3) is 0 Å². The second-order valence-electron chi connectivity index (χ2n) is 9.79. The van der Waals surface area contributed by atoms with Crippen molar-refractivity contribution in [2.75, 3.05) is 18.4 Å². The van der Waals surface area contributed by atoms with Gasteiger partial charge in [-0.2, -0.15) is 0 Å². The van der Waals surface area contributed by atoms with Crippen LogP contribution in [-0.2, 0) is 22.6 Å². The molecule has 1 fully saturated rings. The Morgan fingerprint density at radius 2 is 1.68 bits per heavy atom. The van der Waals surface area contributed by atoms with Crippen LogP contribution < -0.4 is 5.32 Å². The first-order chi connectivity index (χ1) is 14.8. The van der Waals surface area contributed by atoms with E-state index in [0.29, 0.717) is 25.9 Å². The van der Waals surface area contributed by atoms with E-state index in [1.165, 1.54) is 12.8 Å². The predicted molar refractivity (Wildman–Crippen MR) is 120 cm³/mol. The highest BCUT2D eigenvalue weighted by molar-refractivity contribution is 5.93. The molecule has 7 nitrogen and oxygen atoms in total. The molecule has 0 radical (unpaired) electrons. The number of carbonyl (C=O) groups excluding carboxylic acids is 2. The Kier molecular flexibility index (Phi) is 6.12. The number of rotatable bonds is 3. The van der Waals surface area contributed by atoms with Crippen molar-refractivity contribution in [3.8, 4) is 11.4 Å². The van der Waals surface area contributed by atoms with E-state index in [9.17, 15) is 9.59 Å². The van der Waals surface area contributed by atoms with Gasteiger partial charge in [-0.05, 0) is 49.9 Å². The molecule has 4 rings (SSSR count). The number of nitrogens with one attached hydrogen (secondary N) is 1. The molecule has 3 heterocycles. The molecule has 0 saturated carbocycles. The summed E-state index contributed by atoms with van der Waals surface area (Å²) in [5.41, 5.74) is 1.43. The van der Waals surface area contributed by atoms with Gasteiger partial charge in [-0.25, -0.2) is 0 Å². The van der Waals surface area contributed by atoms with Crippen molar-refractivity contribution in [2.45, 2.75) is 65.8 Å². The van der Waals surface area contributed by atoms with E-state index in [-0.39, 0.29) is 23.1 Å². The van der Waals surface area contributed by atoms with Gasteiger partial charge in [-0.15, -0.1) is 10.2 Å². The summed E-state index contributed by atoms with van der Waals surface area (Å²) in [5, 5.41) is 11.8. The maximum atomic E-state index is 12.7.